The minimum Gasteiger partial charge on any atom is -0.272 e. The van der Waals surface area contributed by atoms with Gasteiger partial charge in [-0.3, -0.25) is 4.79 Å². The summed E-state index contributed by atoms with van der Waals surface area (Å²) in [6, 6.07) is 28.1. The number of hydrogen-bond acceptors (Lipinski definition) is 1. The Morgan fingerprint density at radius 2 is 1.25 bits per heavy atom. The number of anilines is 1. The second-order valence-corrected chi connectivity index (χ2v) is 6.29. The molecule has 2 nitrogen and oxygen atoms in total. The van der Waals surface area contributed by atoms with E-state index >= 15 is 0 Å². The first-order chi connectivity index (χ1) is 11.8. The van der Waals surface area contributed by atoms with Crippen molar-refractivity contribution in [3.05, 3.63) is 102 Å². The molecule has 1 unspecified atom stereocenters. The van der Waals surface area contributed by atoms with Gasteiger partial charge in [0.2, 0.25) is 5.91 Å². The number of benzene rings is 3. The smallest absolute Gasteiger partial charge is 0.250 e. The van der Waals surface area contributed by atoms with Gasteiger partial charge in [0, 0.05) is 17.7 Å². The molecule has 4 rings (SSSR count). The first-order valence-electron chi connectivity index (χ1n) is 7.96. The van der Waals surface area contributed by atoms with Crippen LogP contribution in [0, 0.1) is 0 Å². The molecule has 3 heteroatoms. The lowest BCUT2D eigenvalue weighted by atomic mass is 9.78. The van der Waals surface area contributed by atoms with Crippen LogP contribution >= 0.6 is 11.8 Å². The van der Waals surface area contributed by atoms with Crippen LogP contribution in [-0.2, 0) is 4.79 Å². The molecule has 1 aliphatic rings. The summed E-state index contributed by atoms with van der Waals surface area (Å²) in [4.78, 5) is 12.9. The number of nitrogens with zero attached hydrogens (tertiary/aromatic N) is 1. The summed E-state index contributed by atoms with van der Waals surface area (Å²) >= 11 is 6.29. The van der Waals surface area contributed by atoms with Gasteiger partial charge in [-0.2, -0.15) is 0 Å². The monoisotopic (exact) mass is 333 g/mol. The molecule has 1 atom stereocenters. The minimum atomic E-state index is -0.316. The highest BCUT2D eigenvalue weighted by Gasteiger charge is 2.42. The Balaban J connectivity index is 1.90. The van der Waals surface area contributed by atoms with E-state index in [4.69, 9.17) is 11.8 Å². The number of para-hydroxylation sites is 1. The molecule has 0 aromatic heterocycles. The molecular weight excluding hydrogens is 318 g/mol. The maximum absolute atomic E-state index is 12.9. The van der Waals surface area contributed by atoms with Crippen LogP contribution in [0.1, 0.15) is 28.5 Å². The third-order valence-corrected chi connectivity index (χ3v) is 4.94. The highest BCUT2D eigenvalue weighted by Crippen LogP contribution is 2.48. The summed E-state index contributed by atoms with van der Waals surface area (Å²) in [5, 5.41) is 0. The van der Waals surface area contributed by atoms with Gasteiger partial charge < -0.3 is 0 Å². The maximum Gasteiger partial charge on any atom is 0.250 e. The molecule has 0 fully saturated rings. The number of hydrogen-bond donors (Lipinski definition) is 0. The van der Waals surface area contributed by atoms with Crippen LogP contribution in [0.15, 0.2) is 84.9 Å². The van der Waals surface area contributed by atoms with Gasteiger partial charge >= 0.3 is 0 Å². The zero-order chi connectivity index (χ0) is 16.5. The van der Waals surface area contributed by atoms with Crippen molar-refractivity contribution < 1.29 is 4.79 Å². The molecule has 0 saturated carbocycles. The predicted molar refractivity (Wildman–Crippen MR) is 97.2 cm³/mol. The van der Waals surface area contributed by atoms with Gasteiger partial charge in [0.25, 0.3) is 0 Å². The Labute approximate surface area is 146 Å². The van der Waals surface area contributed by atoms with Crippen LogP contribution in [-0.4, -0.2) is 5.91 Å². The van der Waals surface area contributed by atoms with Crippen LogP contribution in [0.5, 0.6) is 0 Å². The second kappa shape index (κ2) is 6.14. The van der Waals surface area contributed by atoms with Crippen molar-refractivity contribution >= 4 is 23.4 Å². The number of carbonyl (C=O) groups is 1. The first-order valence-corrected chi connectivity index (χ1v) is 8.30. The van der Waals surface area contributed by atoms with Gasteiger partial charge in [-0.25, -0.2) is 4.42 Å². The van der Waals surface area contributed by atoms with Crippen molar-refractivity contribution in [1.29, 1.82) is 0 Å². The summed E-state index contributed by atoms with van der Waals surface area (Å²) in [6.07, 6.45) is 0. The van der Waals surface area contributed by atoms with E-state index in [1.807, 2.05) is 60.7 Å². The van der Waals surface area contributed by atoms with Crippen molar-refractivity contribution in [2.75, 3.05) is 4.42 Å². The van der Waals surface area contributed by atoms with Crippen molar-refractivity contribution in [2.24, 2.45) is 0 Å². The van der Waals surface area contributed by atoms with Gasteiger partial charge in [0.1, 0.15) is 0 Å². The van der Waals surface area contributed by atoms with Crippen molar-refractivity contribution in [3.63, 3.8) is 0 Å². The zero-order valence-electron chi connectivity index (χ0n) is 13.0. The van der Waals surface area contributed by atoms with Gasteiger partial charge in [0.05, 0.1) is 11.6 Å². The lowest BCUT2D eigenvalue weighted by Crippen LogP contribution is -2.24. The largest absolute Gasteiger partial charge is 0.272 e. The van der Waals surface area contributed by atoms with Crippen LogP contribution in [0.25, 0.3) is 0 Å². The van der Waals surface area contributed by atoms with Gasteiger partial charge in [-0.15, -0.1) is 0 Å². The van der Waals surface area contributed by atoms with Crippen molar-refractivity contribution in [2.45, 2.75) is 11.8 Å². The molecule has 0 bridgehead atoms. The Bertz CT molecular complexity index is 824. The molecule has 0 aliphatic carbocycles. The van der Waals surface area contributed by atoms with Gasteiger partial charge in [0.15, 0.2) is 0 Å². The molecule has 1 heterocycles. The highest BCUT2D eigenvalue weighted by molar-refractivity contribution is 6.39. The molecule has 3 aromatic rings. The molecule has 24 heavy (non-hydrogen) atoms. The number of amides is 1. The average Bonchev–Trinajstić information content (AvgIpc) is 2.90. The Morgan fingerprint density at radius 1 is 0.750 bits per heavy atom. The van der Waals surface area contributed by atoms with Crippen LogP contribution < -0.4 is 4.42 Å². The number of rotatable bonds is 3. The van der Waals surface area contributed by atoms with E-state index < -0.39 is 0 Å². The molecule has 0 spiro atoms. The first kappa shape index (κ1) is 15.0. The van der Waals surface area contributed by atoms with Crippen molar-refractivity contribution in [3.8, 4) is 0 Å². The number of halogens is 1. The third kappa shape index (κ3) is 2.40. The van der Waals surface area contributed by atoms with E-state index in [2.05, 4.69) is 24.3 Å². The van der Waals surface area contributed by atoms with Crippen LogP contribution in [0.4, 0.5) is 5.69 Å². The average molecular weight is 334 g/mol. The normalized spacial score (nSPS) is 16.5. The van der Waals surface area contributed by atoms with E-state index in [0.29, 0.717) is 0 Å². The maximum atomic E-state index is 12.9. The lowest BCUT2D eigenvalue weighted by Gasteiger charge is -2.24. The number of fused-ring (bicyclic) bond motifs is 1. The molecule has 0 saturated heterocycles. The van der Waals surface area contributed by atoms with Crippen LogP contribution in [0.2, 0.25) is 0 Å². The number of carbonyl (C=O) groups excluding carboxylic acids is 1. The predicted octanol–water partition coefficient (Wildman–Crippen LogP) is 5.10. The Morgan fingerprint density at radius 3 is 1.83 bits per heavy atom. The molecule has 1 aliphatic heterocycles. The summed E-state index contributed by atoms with van der Waals surface area (Å²) in [5.74, 6) is -0.455. The molecule has 0 N–H and O–H groups in total. The quantitative estimate of drug-likeness (QED) is 0.610. The van der Waals surface area contributed by atoms with Crippen molar-refractivity contribution in [1.82, 2.24) is 0 Å². The summed E-state index contributed by atoms with van der Waals surface area (Å²) in [7, 11) is 0. The van der Waals surface area contributed by atoms with E-state index in [1.165, 1.54) is 4.42 Å². The third-order valence-electron chi connectivity index (χ3n) is 4.59. The lowest BCUT2D eigenvalue weighted by molar-refractivity contribution is -0.118. The van der Waals surface area contributed by atoms with E-state index in [1.54, 1.807) is 0 Å². The molecule has 0 radical (unpaired) electrons. The fraction of sp³-hybridized carbons (Fsp3) is 0.0952. The molecular formula is C21H16ClNO. The molecule has 1 amide bonds. The van der Waals surface area contributed by atoms with Crippen LogP contribution in [0.3, 0.4) is 0 Å². The second-order valence-electron chi connectivity index (χ2n) is 5.95. The zero-order valence-corrected chi connectivity index (χ0v) is 13.7. The summed E-state index contributed by atoms with van der Waals surface area (Å²) in [6.45, 7) is 0. The molecule has 118 valence electrons. The Hall–Kier alpha value is -2.58. The summed E-state index contributed by atoms with van der Waals surface area (Å²) < 4.78 is 1.26. The fourth-order valence-electron chi connectivity index (χ4n) is 3.52. The molecule has 3 aromatic carbocycles. The van der Waals surface area contributed by atoms with E-state index in [0.717, 1.165) is 22.4 Å². The van der Waals surface area contributed by atoms with Gasteiger partial charge in [-0.1, -0.05) is 78.9 Å². The summed E-state index contributed by atoms with van der Waals surface area (Å²) in [5.41, 5.74) is 3.99. The van der Waals surface area contributed by atoms with E-state index in [9.17, 15) is 4.79 Å². The fourth-order valence-corrected chi connectivity index (χ4v) is 3.78. The van der Waals surface area contributed by atoms with Gasteiger partial charge in [-0.05, 0) is 22.8 Å². The topological polar surface area (TPSA) is 20.3 Å². The standard InChI is InChI=1S/C21H16ClNO/c22-23-18-14-8-7-13-17(18)20(21(23)24)19(15-9-3-1-4-10-15)16-11-5-2-6-12-16/h1-14,19-20H. The minimum absolute atomic E-state index is 0.0650. The highest BCUT2D eigenvalue weighted by atomic mass is 35.5. The Kier molecular flexibility index (Phi) is 3.83. The van der Waals surface area contributed by atoms with E-state index in [-0.39, 0.29) is 17.7 Å². The SMILES string of the molecule is O=C1C(C(c2ccccc2)c2ccccc2)c2ccccc2N1Cl.